The van der Waals surface area contributed by atoms with Crippen molar-refractivity contribution in [2.45, 2.75) is 42.8 Å². The first-order valence-corrected chi connectivity index (χ1v) is 16.9. The fourth-order valence-electron chi connectivity index (χ4n) is 3.30. The Hall–Kier alpha value is -1.89. The predicted molar refractivity (Wildman–Crippen MR) is 161 cm³/mol. The quantitative estimate of drug-likeness (QED) is 0.0694. The van der Waals surface area contributed by atoms with Crippen LogP contribution < -0.4 is 25.9 Å². The number of aromatic nitrogens is 1. The van der Waals surface area contributed by atoms with Crippen molar-refractivity contribution in [1.82, 2.24) is 25.7 Å². The number of thioether (sulfide) groups is 2. The largest absolute Gasteiger partial charge is 0.595 e. The zero-order valence-corrected chi connectivity index (χ0v) is 25.7. The standard InChI is InChI=1S/C24H36N6O6S4/c1-15(31)21(29-40-19-8-5-4-7-18(19)30(35)36)24(34)26-11-9-20-27-17(14-39-20)23(33)28-16(13-38-3)22(32)25-10-6-12-37-2/h4-5,7-8,14-16,21,29-31,35H,6,9-13H2,1-3H3,(H,25,32)(H,26,34)(H,28,33). The molecule has 222 valence electrons. The molecule has 2 rings (SSSR count). The minimum Gasteiger partial charge on any atom is -0.595 e. The Bertz CT molecular complexity index is 1090. The van der Waals surface area contributed by atoms with Crippen LogP contribution in [-0.2, 0) is 16.0 Å². The van der Waals surface area contributed by atoms with Crippen LogP contribution >= 0.6 is 46.8 Å². The van der Waals surface area contributed by atoms with Crippen molar-refractivity contribution in [1.29, 1.82) is 0 Å². The van der Waals surface area contributed by atoms with E-state index in [1.807, 2.05) is 12.5 Å². The van der Waals surface area contributed by atoms with E-state index in [0.717, 1.165) is 24.1 Å². The molecule has 0 aliphatic carbocycles. The van der Waals surface area contributed by atoms with Crippen molar-refractivity contribution in [3.63, 3.8) is 0 Å². The van der Waals surface area contributed by atoms with E-state index in [-0.39, 0.29) is 23.8 Å². The van der Waals surface area contributed by atoms with Gasteiger partial charge in [-0.15, -0.1) is 11.3 Å². The number of quaternary nitrogens is 1. The van der Waals surface area contributed by atoms with Crippen LogP contribution in [0.2, 0.25) is 0 Å². The molecule has 16 heteroatoms. The smallest absolute Gasteiger partial charge is 0.271 e. The van der Waals surface area contributed by atoms with Gasteiger partial charge in [-0.3, -0.25) is 14.4 Å². The maximum Gasteiger partial charge on any atom is 0.271 e. The van der Waals surface area contributed by atoms with Gasteiger partial charge in [0, 0.05) is 36.7 Å². The third kappa shape index (κ3) is 11.5. The van der Waals surface area contributed by atoms with E-state index in [1.54, 1.807) is 35.3 Å². The van der Waals surface area contributed by atoms with Gasteiger partial charge in [0.2, 0.25) is 11.8 Å². The highest BCUT2D eigenvalue weighted by Gasteiger charge is 2.25. The Kier molecular flexibility index (Phi) is 15.9. The first kappa shape index (κ1) is 34.3. The minimum atomic E-state index is -1.09. The molecule has 12 nitrogen and oxygen atoms in total. The maximum absolute atomic E-state index is 12.7. The maximum atomic E-state index is 12.7. The SMILES string of the molecule is CSCCCNC(=O)C(CSC)NC(=O)c1csc(CCNC(=O)C(NSc2ccccc2[NH+]([O-])O)C(C)O)n1. The lowest BCUT2D eigenvalue weighted by atomic mass is 10.2. The van der Waals surface area contributed by atoms with Gasteiger partial charge in [-0.2, -0.15) is 28.8 Å². The highest BCUT2D eigenvalue weighted by atomic mass is 32.2. The van der Waals surface area contributed by atoms with E-state index in [0.29, 0.717) is 28.6 Å². The van der Waals surface area contributed by atoms with Crippen molar-refractivity contribution in [3.8, 4) is 0 Å². The fraction of sp³-hybridized carbons (Fsp3) is 0.500. The van der Waals surface area contributed by atoms with Gasteiger partial charge in [-0.25, -0.2) is 14.9 Å². The van der Waals surface area contributed by atoms with Crippen LogP contribution in [0.5, 0.6) is 0 Å². The van der Waals surface area contributed by atoms with E-state index in [4.69, 9.17) is 0 Å². The molecule has 2 aromatic rings. The number of para-hydroxylation sites is 1. The number of carbonyl (C=O) groups is 3. The second-order valence-corrected chi connectivity index (χ2v) is 12.2. The lowest BCUT2D eigenvalue weighted by Crippen LogP contribution is -2.99. The van der Waals surface area contributed by atoms with Crippen LogP contribution in [0.3, 0.4) is 0 Å². The molecule has 0 aliphatic rings. The third-order valence-corrected chi connectivity index (χ3v) is 8.60. The monoisotopic (exact) mass is 632 g/mol. The van der Waals surface area contributed by atoms with Crippen LogP contribution in [0.1, 0.15) is 28.8 Å². The molecule has 1 aromatic heterocycles. The summed E-state index contributed by atoms with van der Waals surface area (Å²) in [7, 11) is 0. The summed E-state index contributed by atoms with van der Waals surface area (Å²) < 4.78 is 2.84. The van der Waals surface area contributed by atoms with E-state index in [2.05, 4.69) is 25.7 Å². The van der Waals surface area contributed by atoms with Crippen LogP contribution in [0.4, 0.5) is 5.69 Å². The zero-order chi connectivity index (χ0) is 29.5. The van der Waals surface area contributed by atoms with Gasteiger partial charge in [0.05, 0.1) is 16.0 Å². The first-order valence-electron chi connectivity index (χ1n) is 12.4. The van der Waals surface area contributed by atoms with Gasteiger partial charge < -0.3 is 26.3 Å². The van der Waals surface area contributed by atoms with Crippen molar-refractivity contribution >= 4 is 70.2 Å². The van der Waals surface area contributed by atoms with Crippen molar-refractivity contribution in [3.05, 3.63) is 45.6 Å². The minimum absolute atomic E-state index is 0.0833. The second-order valence-electron chi connectivity index (χ2n) is 8.53. The van der Waals surface area contributed by atoms with Crippen LogP contribution in [0, 0.1) is 5.21 Å². The van der Waals surface area contributed by atoms with Crippen molar-refractivity contribution in [2.75, 3.05) is 37.1 Å². The molecule has 0 saturated heterocycles. The topological polar surface area (TPSA) is 180 Å². The Labute approximate surface area is 250 Å². The first-order chi connectivity index (χ1) is 19.2. The van der Waals surface area contributed by atoms with Gasteiger partial charge in [0.25, 0.3) is 5.91 Å². The molecule has 0 radical (unpaired) electrons. The van der Waals surface area contributed by atoms with Gasteiger partial charge >= 0.3 is 0 Å². The highest BCUT2D eigenvalue weighted by Crippen LogP contribution is 2.22. The molecule has 0 fully saturated rings. The molecule has 4 atom stereocenters. The highest BCUT2D eigenvalue weighted by molar-refractivity contribution is 7.98. The van der Waals surface area contributed by atoms with E-state index < -0.39 is 35.2 Å². The van der Waals surface area contributed by atoms with Crippen molar-refractivity contribution in [2.24, 2.45) is 0 Å². The molecule has 1 heterocycles. The molecule has 0 aliphatic heterocycles. The summed E-state index contributed by atoms with van der Waals surface area (Å²) in [5.74, 6) is 0.239. The van der Waals surface area contributed by atoms with E-state index >= 15 is 0 Å². The van der Waals surface area contributed by atoms with Crippen LogP contribution in [0.15, 0.2) is 34.5 Å². The number of nitrogens with one attached hydrogen (secondary N) is 5. The number of carbonyl (C=O) groups excluding carboxylic acids is 3. The Balaban J connectivity index is 1.86. The lowest BCUT2D eigenvalue weighted by Gasteiger charge is -2.21. The number of hydrogen-bond acceptors (Lipinski definition) is 12. The number of aliphatic hydroxyl groups excluding tert-OH is 1. The molecule has 0 bridgehead atoms. The number of benzene rings is 1. The van der Waals surface area contributed by atoms with Gasteiger partial charge in [0.15, 0.2) is 5.69 Å². The summed E-state index contributed by atoms with van der Waals surface area (Å²) >= 11 is 5.39. The van der Waals surface area contributed by atoms with Crippen molar-refractivity contribution < 1.29 is 29.9 Å². The van der Waals surface area contributed by atoms with E-state index in [1.165, 1.54) is 36.1 Å². The van der Waals surface area contributed by atoms with Gasteiger partial charge in [0.1, 0.15) is 17.8 Å². The molecular weight excluding hydrogens is 597 g/mol. The molecule has 7 N–H and O–H groups in total. The molecule has 0 spiro atoms. The molecular formula is C24H36N6O6S4. The third-order valence-electron chi connectivity index (χ3n) is 5.38. The predicted octanol–water partition coefficient (Wildman–Crippen LogP) is 0.582. The van der Waals surface area contributed by atoms with Crippen LogP contribution in [-0.4, -0.2) is 88.3 Å². The number of aliphatic hydroxyl groups is 1. The summed E-state index contributed by atoms with van der Waals surface area (Å²) in [6.45, 7) is 2.22. The lowest BCUT2D eigenvalue weighted by molar-refractivity contribution is -0.992. The van der Waals surface area contributed by atoms with E-state index in [9.17, 15) is 29.9 Å². The molecule has 1 aromatic carbocycles. The fourth-order valence-corrected chi connectivity index (χ4v) is 6.05. The average molecular weight is 633 g/mol. The Morgan fingerprint density at radius 2 is 1.85 bits per heavy atom. The number of nitrogens with zero attached hydrogens (tertiary/aromatic N) is 1. The van der Waals surface area contributed by atoms with Gasteiger partial charge in [-0.05, 0) is 49.6 Å². The molecule has 0 saturated carbocycles. The Morgan fingerprint density at radius 3 is 2.52 bits per heavy atom. The summed E-state index contributed by atoms with van der Waals surface area (Å²) in [5.41, 5.74) is 0.282. The normalized spacial score (nSPS) is 14.2. The average Bonchev–Trinajstić information content (AvgIpc) is 3.40. The number of amides is 3. The number of rotatable bonds is 18. The molecule has 40 heavy (non-hydrogen) atoms. The van der Waals surface area contributed by atoms with Crippen LogP contribution in [0.25, 0.3) is 0 Å². The summed E-state index contributed by atoms with van der Waals surface area (Å²) in [6, 6.07) is 4.68. The number of thiazole rings is 1. The Morgan fingerprint density at radius 1 is 1.12 bits per heavy atom. The summed E-state index contributed by atoms with van der Waals surface area (Å²) in [4.78, 5) is 42.7. The molecule has 4 unspecified atom stereocenters. The zero-order valence-electron chi connectivity index (χ0n) is 22.5. The number of hydrogen-bond donors (Lipinski definition) is 7. The summed E-state index contributed by atoms with van der Waals surface area (Å²) in [6.07, 6.45) is 4.03. The van der Waals surface area contributed by atoms with Gasteiger partial charge in [-0.1, -0.05) is 12.1 Å². The second kappa shape index (κ2) is 18.5. The molecule has 3 amide bonds. The summed E-state index contributed by atoms with van der Waals surface area (Å²) in [5, 5.41) is 40.3.